The van der Waals surface area contributed by atoms with Crippen molar-refractivity contribution in [1.29, 1.82) is 0 Å². The monoisotopic (exact) mass is 246 g/mol. The van der Waals surface area contributed by atoms with Crippen molar-refractivity contribution in [2.75, 3.05) is 18.5 Å². The predicted octanol–water partition coefficient (Wildman–Crippen LogP) is 2.26. The van der Waals surface area contributed by atoms with Crippen LogP contribution in [-0.2, 0) is 4.79 Å². The van der Waals surface area contributed by atoms with E-state index in [-0.39, 0.29) is 17.9 Å². The SMILES string of the molecule is Cc1ccc(N(C)C(=O)C2CCNC2C)c(C)c1. The molecule has 2 atom stereocenters. The maximum Gasteiger partial charge on any atom is 0.231 e. The Hall–Kier alpha value is -1.35. The van der Waals surface area contributed by atoms with Crippen LogP contribution in [0.5, 0.6) is 0 Å². The standard InChI is InChI=1S/C15H22N2O/c1-10-5-6-14(11(2)9-10)17(4)15(18)13-7-8-16-12(13)3/h5-6,9,12-13,16H,7-8H2,1-4H3. The number of anilines is 1. The summed E-state index contributed by atoms with van der Waals surface area (Å²) < 4.78 is 0. The maximum atomic E-state index is 12.5. The van der Waals surface area contributed by atoms with E-state index < -0.39 is 0 Å². The second-order valence-corrected chi connectivity index (χ2v) is 5.33. The molecule has 0 spiro atoms. The summed E-state index contributed by atoms with van der Waals surface area (Å²) in [7, 11) is 1.88. The van der Waals surface area contributed by atoms with Crippen molar-refractivity contribution >= 4 is 11.6 Å². The Morgan fingerprint density at radius 3 is 2.67 bits per heavy atom. The van der Waals surface area contributed by atoms with Crippen LogP contribution < -0.4 is 10.2 Å². The molecule has 3 nitrogen and oxygen atoms in total. The lowest BCUT2D eigenvalue weighted by atomic mass is 9.99. The Morgan fingerprint density at radius 1 is 1.39 bits per heavy atom. The zero-order chi connectivity index (χ0) is 13.3. The smallest absolute Gasteiger partial charge is 0.231 e. The Labute approximate surface area is 109 Å². The molecular weight excluding hydrogens is 224 g/mol. The summed E-state index contributed by atoms with van der Waals surface area (Å²) in [5, 5.41) is 3.33. The van der Waals surface area contributed by atoms with Crippen molar-refractivity contribution < 1.29 is 4.79 Å². The van der Waals surface area contributed by atoms with Gasteiger partial charge in [0.15, 0.2) is 0 Å². The van der Waals surface area contributed by atoms with Crippen molar-refractivity contribution in [2.24, 2.45) is 5.92 Å². The number of carbonyl (C=O) groups excluding carboxylic acids is 1. The third-order valence-corrected chi connectivity index (χ3v) is 3.89. The van der Waals surface area contributed by atoms with E-state index in [1.807, 2.05) is 18.0 Å². The number of nitrogens with one attached hydrogen (secondary N) is 1. The minimum atomic E-state index is 0.107. The number of amides is 1. The van der Waals surface area contributed by atoms with Crippen molar-refractivity contribution in [2.45, 2.75) is 33.2 Å². The number of carbonyl (C=O) groups is 1. The normalized spacial score (nSPS) is 23.1. The molecule has 98 valence electrons. The number of nitrogens with zero attached hydrogens (tertiary/aromatic N) is 1. The van der Waals surface area contributed by atoms with Crippen LogP contribution in [0.4, 0.5) is 5.69 Å². The highest BCUT2D eigenvalue weighted by molar-refractivity contribution is 5.95. The molecule has 1 aliphatic rings. The van der Waals surface area contributed by atoms with E-state index >= 15 is 0 Å². The van der Waals surface area contributed by atoms with Gasteiger partial charge in [-0.1, -0.05) is 17.7 Å². The van der Waals surface area contributed by atoms with E-state index in [0.29, 0.717) is 0 Å². The van der Waals surface area contributed by atoms with Crippen LogP contribution in [-0.4, -0.2) is 25.5 Å². The molecule has 1 fully saturated rings. The zero-order valence-corrected chi connectivity index (χ0v) is 11.7. The number of aryl methyl sites for hydroxylation is 2. The van der Waals surface area contributed by atoms with E-state index in [1.165, 1.54) is 5.56 Å². The molecule has 0 aliphatic carbocycles. The van der Waals surface area contributed by atoms with Gasteiger partial charge in [-0.2, -0.15) is 0 Å². The lowest BCUT2D eigenvalue weighted by Crippen LogP contribution is -2.38. The van der Waals surface area contributed by atoms with Gasteiger partial charge in [0.25, 0.3) is 0 Å². The van der Waals surface area contributed by atoms with Crippen LogP contribution >= 0.6 is 0 Å². The molecule has 0 radical (unpaired) electrons. The van der Waals surface area contributed by atoms with Crippen LogP contribution in [0.3, 0.4) is 0 Å². The van der Waals surface area contributed by atoms with Crippen LogP contribution in [0.1, 0.15) is 24.5 Å². The zero-order valence-electron chi connectivity index (χ0n) is 11.7. The average molecular weight is 246 g/mol. The first-order chi connectivity index (χ1) is 8.50. The highest BCUT2D eigenvalue weighted by Crippen LogP contribution is 2.24. The van der Waals surface area contributed by atoms with Crippen LogP contribution in [0.25, 0.3) is 0 Å². The largest absolute Gasteiger partial charge is 0.315 e. The molecule has 0 bridgehead atoms. The molecule has 1 aromatic rings. The van der Waals surface area contributed by atoms with Gasteiger partial charge in [0.05, 0.1) is 5.92 Å². The number of rotatable bonds is 2. The maximum absolute atomic E-state index is 12.5. The van der Waals surface area contributed by atoms with Crippen LogP contribution in [0.15, 0.2) is 18.2 Å². The van der Waals surface area contributed by atoms with Gasteiger partial charge < -0.3 is 10.2 Å². The first kappa shape index (κ1) is 13.1. The van der Waals surface area contributed by atoms with Gasteiger partial charge in [0, 0.05) is 18.8 Å². The topological polar surface area (TPSA) is 32.3 Å². The Kier molecular flexibility index (Phi) is 3.71. The fourth-order valence-corrected chi connectivity index (χ4v) is 2.75. The van der Waals surface area contributed by atoms with E-state index in [0.717, 1.165) is 24.2 Å². The molecule has 1 heterocycles. The molecule has 2 rings (SSSR count). The highest BCUT2D eigenvalue weighted by Gasteiger charge is 2.32. The first-order valence-corrected chi connectivity index (χ1v) is 6.59. The molecule has 1 amide bonds. The van der Waals surface area contributed by atoms with Crippen LogP contribution in [0.2, 0.25) is 0 Å². The summed E-state index contributed by atoms with van der Waals surface area (Å²) in [6, 6.07) is 6.50. The molecule has 1 aliphatic heterocycles. The summed E-state index contributed by atoms with van der Waals surface area (Å²) in [5.74, 6) is 0.329. The third kappa shape index (κ3) is 2.41. The predicted molar refractivity (Wildman–Crippen MR) is 74.9 cm³/mol. The van der Waals surface area contributed by atoms with Crippen molar-refractivity contribution in [3.8, 4) is 0 Å². The molecule has 1 N–H and O–H groups in total. The van der Waals surface area contributed by atoms with Gasteiger partial charge >= 0.3 is 0 Å². The van der Waals surface area contributed by atoms with Crippen molar-refractivity contribution in [3.63, 3.8) is 0 Å². The summed E-state index contributed by atoms with van der Waals surface area (Å²) in [6.45, 7) is 7.16. The molecule has 0 saturated carbocycles. The molecule has 2 unspecified atom stereocenters. The van der Waals surface area contributed by atoms with E-state index in [1.54, 1.807) is 0 Å². The second-order valence-electron chi connectivity index (χ2n) is 5.33. The van der Waals surface area contributed by atoms with Gasteiger partial charge in [-0.3, -0.25) is 4.79 Å². The third-order valence-electron chi connectivity index (χ3n) is 3.89. The quantitative estimate of drug-likeness (QED) is 0.868. The van der Waals surface area contributed by atoms with Gasteiger partial charge in [-0.05, 0) is 45.4 Å². The molecule has 1 aromatic carbocycles. The minimum absolute atomic E-state index is 0.107. The fraction of sp³-hybridized carbons (Fsp3) is 0.533. The van der Waals surface area contributed by atoms with Gasteiger partial charge in [-0.25, -0.2) is 0 Å². The van der Waals surface area contributed by atoms with Gasteiger partial charge in [0.2, 0.25) is 5.91 Å². The second kappa shape index (κ2) is 5.11. The average Bonchev–Trinajstić information content (AvgIpc) is 2.74. The van der Waals surface area contributed by atoms with E-state index in [9.17, 15) is 4.79 Å². The molecule has 0 aromatic heterocycles. The first-order valence-electron chi connectivity index (χ1n) is 6.59. The summed E-state index contributed by atoms with van der Waals surface area (Å²) >= 11 is 0. The lowest BCUT2D eigenvalue weighted by molar-refractivity contribution is -0.122. The highest BCUT2D eigenvalue weighted by atomic mass is 16.2. The van der Waals surface area contributed by atoms with Gasteiger partial charge in [0.1, 0.15) is 0 Å². The van der Waals surface area contributed by atoms with E-state index in [2.05, 4.69) is 38.2 Å². The van der Waals surface area contributed by atoms with E-state index in [4.69, 9.17) is 0 Å². The molecular formula is C15H22N2O. The Morgan fingerprint density at radius 2 is 2.11 bits per heavy atom. The molecule has 18 heavy (non-hydrogen) atoms. The molecule has 1 saturated heterocycles. The number of hydrogen-bond donors (Lipinski definition) is 1. The fourth-order valence-electron chi connectivity index (χ4n) is 2.75. The van der Waals surface area contributed by atoms with Crippen molar-refractivity contribution in [3.05, 3.63) is 29.3 Å². The molecule has 3 heteroatoms. The Balaban J connectivity index is 2.20. The summed E-state index contributed by atoms with van der Waals surface area (Å²) in [6.07, 6.45) is 0.940. The minimum Gasteiger partial charge on any atom is -0.315 e. The number of benzene rings is 1. The summed E-state index contributed by atoms with van der Waals surface area (Å²) in [5.41, 5.74) is 3.40. The lowest BCUT2D eigenvalue weighted by Gasteiger charge is -2.25. The number of hydrogen-bond acceptors (Lipinski definition) is 2. The van der Waals surface area contributed by atoms with Crippen molar-refractivity contribution in [1.82, 2.24) is 5.32 Å². The summed E-state index contributed by atoms with van der Waals surface area (Å²) in [4.78, 5) is 14.3. The van der Waals surface area contributed by atoms with Crippen LogP contribution in [0, 0.1) is 19.8 Å². The Bertz CT molecular complexity index is 456. The van der Waals surface area contributed by atoms with Gasteiger partial charge in [-0.15, -0.1) is 0 Å².